The van der Waals surface area contributed by atoms with Gasteiger partial charge in [-0.1, -0.05) is 24.3 Å². The van der Waals surface area contributed by atoms with Crippen LogP contribution in [0.25, 0.3) is 0 Å². The molecule has 2 atom stereocenters. The largest absolute Gasteiger partial charge is 0.491 e. The second kappa shape index (κ2) is 9.88. The molecule has 0 saturated carbocycles. The lowest BCUT2D eigenvalue weighted by atomic mass is 10.1. The van der Waals surface area contributed by atoms with Crippen LogP contribution in [0.5, 0.6) is 5.75 Å². The molecule has 0 aliphatic carbocycles. The number of benzene rings is 2. The van der Waals surface area contributed by atoms with Gasteiger partial charge in [-0.2, -0.15) is 0 Å². The van der Waals surface area contributed by atoms with E-state index in [1.807, 2.05) is 37.3 Å². The molecule has 1 saturated heterocycles. The van der Waals surface area contributed by atoms with Crippen LogP contribution in [-0.2, 0) is 4.74 Å². The maximum Gasteiger partial charge on any atom is 0.123 e. The summed E-state index contributed by atoms with van der Waals surface area (Å²) in [5, 5.41) is 10.3. The minimum Gasteiger partial charge on any atom is -0.491 e. The molecule has 0 radical (unpaired) electrons. The average molecular weight is 382 g/mol. The van der Waals surface area contributed by atoms with Crippen molar-refractivity contribution in [2.45, 2.75) is 19.1 Å². The molecule has 3 rings (SSSR count). The normalized spacial score (nSPS) is 18.8. The van der Waals surface area contributed by atoms with Crippen molar-refractivity contribution in [3.63, 3.8) is 0 Å². The fourth-order valence-corrected chi connectivity index (χ4v) is 3.03. The number of nitrogens with zero attached hydrogens (tertiary/aromatic N) is 1. The van der Waals surface area contributed by atoms with Crippen molar-refractivity contribution in [2.24, 2.45) is 0 Å². The summed E-state index contributed by atoms with van der Waals surface area (Å²) in [4.78, 5) is 2.13. The average Bonchev–Trinajstić information content (AvgIpc) is 2.60. The highest BCUT2D eigenvalue weighted by Gasteiger charge is 2.24. The first-order chi connectivity index (χ1) is 12.1. The molecule has 26 heavy (non-hydrogen) atoms. The van der Waals surface area contributed by atoms with Crippen molar-refractivity contribution in [2.75, 3.05) is 32.8 Å². The Balaban J connectivity index is 0.00000243. The summed E-state index contributed by atoms with van der Waals surface area (Å²) in [5.74, 6) is 0.503. The molecule has 6 heteroatoms. The number of aliphatic hydroxyl groups is 1. The lowest BCUT2D eigenvalue weighted by Gasteiger charge is -2.34. The molecule has 2 aromatic rings. The van der Waals surface area contributed by atoms with Gasteiger partial charge in [0, 0.05) is 19.6 Å². The molecule has 0 amide bonds. The molecule has 1 heterocycles. The number of ether oxygens (including phenoxy) is 2. The molecule has 1 N–H and O–H groups in total. The van der Waals surface area contributed by atoms with Crippen LogP contribution in [0.2, 0.25) is 0 Å². The van der Waals surface area contributed by atoms with Crippen molar-refractivity contribution < 1.29 is 19.0 Å². The van der Waals surface area contributed by atoms with E-state index in [0.717, 1.165) is 23.4 Å². The van der Waals surface area contributed by atoms with Crippen LogP contribution in [0.3, 0.4) is 0 Å². The maximum atomic E-state index is 13.4. The smallest absolute Gasteiger partial charge is 0.123 e. The van der Waals surface area contributed by atoms with E-state index >= 15 is 0 Å². The molecule has 1 aliphatic rings. The van der Waals surface area contributed by atoms with Gasteiger partial charge >= 0.3 is 0 Å². The van der Waals surface area contributed by atoms with Crippen LogP contribution in [0.15, 0.2) is 48.5 Å². The van der Waals surface area contributed by atoms with Crippen LogP contribution in [0.1, 0.15) is 17.2 Å². The zero-order valence-corrected chi connectivity index (χ0v) is 15.6. The first-order valence-corrected chi connectivity index (χ1v) is 8.57. The van der Waals surface area contributed by atoms with Gasteiger partial charge < -0.3 is 14.6 Å². The van der Waals surface area contributed by atoms with Gasteiger partial charge in [0.15, 0.2) is 0 Å². The molecule has 2 aromatic carbocycles. The van der Waals surface area contributed by atoms with Gasteiger partial charge in [0.05, 0.1) is 12.7 Å². The number of morpholine rings is 1. The van der Waals surface area contributed by atoms with E-state index in [0.29, 0.717) is 19.7 Å². The highest BCUT2D eigenvalue weighted by atomic mass is 35.5. The van der Waals surface area contributed by atoms with E-state index in [9.17, 15) is 9.50 Å². The Morgan fingerprint density at radius 2 is 2.08 bits per heavy atom. The first kappa shape index (κ1) is 20.6. The molecular formula is C20H25ClFNO3. The Morgan fingerprint density at radius 1 is 1.27 bits per heavy atom. The van der Waals surface area contributed by atoms with Crippen LogP contribution in [0.4, 0.5) is 4.39 Å². The first-order valence-electron chi connectivity index (χ1n) is 8.57. The van der Waals surface area contributed by atoms with E-state index in [1.165, 1.54) is 12.1 Å². The summed E-state index contributed by atoms with van der Waals surface area (Å²) >= 11 is 0. The van der Waals surface area contributed by atoms with Crippen LogP contribution < -0.4 is 4.74 Å². The third-order valence-corrected chi connectivity index (χ3v) is 4.27. The number of aliphatic hydroxyl groups excluding tert-OH is 1. The monoisotopic (exact) mass is 381 g/mol. The number of hydrogen-bond acceptors (Lipinski definition) is 4. The Morgan fingerprint density at radius 3 is 2.85 bits per heavy atom. The maximum absolute atomic E-state index is 13.4. The molecule has 0 aromatic heterocycles. The molecular weight excluding hydrogens is 357 g/mol. The Kier molecular flexibility index (Phi) is 7.85. The third kappa shape index (κ3) is 5.95. The van der Waals surface area contributed by atoms with Gasteiger partial charge in [0.25, 0.3) is 0 Å². The Hall–Kier alpha value is -1.66. The van der Waals surface area contributed by atoms with E-state index < -0.39 is 6.10 Å². The molecule has 142 valence electrons. The SMILES string of the molecule is Cc1cccc(OCC(O)CN2CCOC(c3cccc(F)c3)C2)c1.Cl. The summed E-state index contributed by atoms with van der Waals surface area (Å²) < 4.78 is 24.8. The minimum atomic E-state index is -0.591. The third-order valence-electron chi connectivity index (χ3n) is 4.27. The van der Waals surface area contributed by atoms with Gasteiger partial charge in [-0.05, 0) is 42.3 Å². The summed E-state index contributed by atoms with van der Waals surface area (Å²) in [6.45, 7) is 4.68. The summed E-state index contributed by atoms with van der Waals surface area (Å²) in [5.41, 5.74) is 1.95. The number of halogens is 2. The fraction of sp³-hybridized carbons (Fsp3) is 0.400. The fourth-order valence-electron chi connectivity index (χ4n) is 3.03. The van der Waals surface area contributed by atoms with Crippen molar-refractivity contribution in [1.29, 1.82) is 0 Å². The van der Waals surface area contributed by atoms with Crippen molar-refractivity contribution in [3.05, 3.63) is 65.5 Å². The predicted octanol–water partition coefficient (Wildman–Crippen LogP) is 3.37. The van der Waals surface area contributed by atoms with Crippen LogP contribution >= 0.6 is 12.4 Å². The molecule has 2 unspecified atom stereocenters. The molecule has 0 bridgehead atoms. The Labute approximate surface area is 160 Å². The van der Waals surface area contributed by atoms with E-state index in [1.54, 1.807) is 6.07 Å². The summed E-state index contributed by atoms with van der Waals surface area (Å²) in [6, 6.07) is 14.3. The van der Waals surface area contributed by atoms with Crippen LogP contribution in [0, 0.1) is 12.7 Å². The number of rotatable bonds is 6. The van der Waals surface area contributed by atoms with Gasteiger partial charge in [0.1, 0.15) is 24.3 Å². The van der Waals surface area contributed by atoms with E-state index in [-0.39, 0.29) is 30.9 Å². The number of aryl methyl sites for hydroxylation is 1. The highest BCUT2D eigenvalue weighted by molar-refractivity contribution is 5.85. The topological polar surface area (TPSA) is 41.9 Å². The minimum absolute atomic E-state index is 0. The van der Waals surface area contributed by atoms with Crippen LogP contribution in [-0.4, -0.2) is 49.0 Å². The van der Waals surface area contributed by atoms with E-state index in [4.69, 9.17) is 9.47 Å². The second-order valence-corrected chi connectivity index (χ2v) is 6.46. The van der Waals surface area contributed by atoms with Gasteiger partial charge in [-0.15, -0.1) is 12.4 Å². The quantitative estimate of drug-likeness (QED) is 0.833. The van der Waals surface area contributed by atoms with E-state index in [2.05, 4.69) is 4.90 Å². The van der Waals surface area contributed by atoms with Gasteiger partial charge in [-0.3, -0.25) is 4.90 Å². The van der Waals surface area contributed by atoms with Crippen molar-refractivity contribution in [3.8, 4) is 5.75 Å². The van der Waals surface area contributed by atoms with Crippen molar-refractivity contribution in [1.82, 2.24) is 4.90 Å². The summed E-state index contributed by atoms with van der Waals surface area (Å²) in [6.07, 6.45) is -0.763. The summed E-state index contributed by atoms with van der Waals surface area (Å²) in [7, 11) is 0. The lowest BCUT2D eigenvalue weighted by Crippen LogP contribution is -2.43. The number of β-amino-alcohol motifs (C(OH)–C–C–N with tert-alkyl or cyclic N) is 1. The highest BCUT2D eigenvalue weighted by Crippen LogP contribution is 2.23. The van der Waals surface area contributed by atoms with Gasteiger partial charge in [-0.25, -0.2) is 4.39 Å². The van der Waals surface area contributed by atoms with Crippen molar-refractivity contribution >= 4 is 12.4 Å². The van der Waals surface area contributed by atoms with Gasteiger partial charge in [0.2, 0.25) is 0 Å². The molecule has 1 aliphatic heterocycles. The predicted molar refractivity (Wildman–Crippen MR) is 101 cm³/mol. The zero-order valence-electron chi connectivity index (χ0n) is 14.8. The zero-order chi connectivity index (χ0) is 17.6. The molecule has 1 fully saturated rings. The molecule has 4 nitrogen and oxygen atoms in total. The Bertz CT molecular complexity index is 700. The molecule has 0 spiro atoms. The lowest BCUT2D eigenvalue weighted by molar-refractivity contribution is -0.0460. The number of hydrogen-bond donors (Lipinski definition) is 1. The second-order valence-electron chi connectivity index (χ2n) is 6.46. The standard InChI is InChI=1S/C20H24FNO3.ClH/c1-15-4-2-7-19(10-15)25-14-18(23)12-22-8-9-24-20(13-22)16-5-3-6-17(21)11-16;/h2-7,10-11,18,20,23H,8-9,12-14H2,1H3;1H.